The maximum Gasteiger partial charge on any atom is 0.344 e. The van der Waals surface area contributed by atoms with Gasteiger partial charge in [-0.2, -0.15) is 0 Å². The molecule has 4 rings (SSSR count). The summed E-state index contributed by atoms with van der Waals surface area (Å²) in [7, 11) is -3.09. The molecular weight excluding hydrogens is 635 g/mol. The molecule has 0 atom stereocenters. The molecule has 0 aliphatic carbocycles. The Labute approximate surface area is 261 Å². The Bertz CT molecular complexity index is 1500. The molecule has 1 amide bonds. The monoisotopic (exact) mass is 672 g/mol. The number of ether oxygens (including phenoxy) is 1. The second kappa shape index (κ2) is 16.1. The largest absolute Gasteiger partial charge is 0.491 e. The highest BCUT2D eigenvalue weighted by atomic mass is 79.9. The Morgan fingerprint density at radius 3 is 2.51 bits per heavy atom. The summed E-state index contributed by atoms with van der Waals surface area (Å²) in [6, 6.07) is 11.4. The van der Waals surface area contributed by atoms with E-state index in [4.69, 9.17) is 13.8 Å². The summed E-state index contributed by atoms with van der Waals surface area (Å²) in [5.74, 6) is 5.83. The first-order chi connectivity index (χ1) is 20.8. The third kappa shape index (κ3) is 9.73. The summed E-state index contributed by atoms with van der Waals surface area (Å²) in [4.78, 5) is 25.8. The van der Waals surface area contributed by atoms with Crippen LogP contribution in [0.1, 0.15) is 27.2 Å². The van der Waals surface area contributed by atoms with E-state index in [1.54, 1.807) is 6.92 Å². The molecule has 1 fully saturated rings. The highest BCUT2D eigenvalue weighted by Gasteiger charge is 2.29. The van der Waals surface area contributed by atoms with E-state index in [1.807, 2.05) is 50.2 Å². The number of nitrogens with one attached hydrogen (secondary N) is 2. The van der Waals surface area contributed by atoms with Crippen LogP contribution in [-0.2, 0) is 18.4 Å². The topological polar surface area (TPSA) is 118 Å². The molecule has 1 aliphatic heterocycles. The van der Waals surface area contributed by atoms with Crippen molar-refractivity contribution < 1.29 is 23.1 Å². The minimum absolute atomic E-state index is 0.314. The molecule has 0 unspecified atom stereocenters. The lowest BCUT2D eigenvalue weighted by molar-refractivity contribution is -0.111. The van der Waals surface area contributed by atoms with Gasteiger partial charge in [0.1, 0.15) is 24.2 Å². The zero-order valence-corrected chi connectivity index (χ0v) is 27.2. The van der Waals surface area contributed by atoms with Crippen LogP contribution in [0.4, 0.5) is 17.2 Å². The van der Waals surface area contributed by atoms with E-state index in [9.17, 15) is 9.36 Å². The average molecular weight is 674 g/mol. The maximum atomic E-state index is 12.9. The first-order valence-electron chi connectivity index (χ1n) is 14.3. The van der Waals surface area contributed by atoms with Crippen molar-refractivity contribution in [1.29, 1.82) is 0 Å². The predicted octanol–water partition coefficient (Wildman–Crippen LogP) is 5.71. The van der Waals surface area contributed by atoms with Gasteiger partial charge in [0.25, 0.3) is 5.91 Å². The number of hydrogen-bond acceptors (Lipinski definition) is 10. The number of carbonyl (C=O) groups is 1. The molecule has 0 saturated carbocycles. The number of aromatic nitrogens is 2. The molecule has 43 heavy (non-hydrogen) atoms. The standard InChI is InChI=1S/C30H38BrN6O5P/c1-4-9-29(38)35-27-19-25-26(32-21-33-30(25)34-24-11-7-10-23(31)18-24)20-28(27)40-17-8-12-36-13-15-37(16-14-36)22-43(39,41-5-2)42-6-3/h7,10-11,18-21H,5-6,8,12-17,22H2,1-3H3,(H,35,38)(H,32,33,34). The molecule has 0 bridgehead atoms. The van der Waals surface area contributed by atoms with Gasteiger partial charge in [0, 0.05) is 54.3 Å². The van der Waals surface area contributed by atoms with Crippen LogP contribution in [0.3, 0.4) is 0 Å². The van der Waals surface area contributed by atoms with Crippen molar-refractivity contribution in [2.75, 3.05) is 69.5 Å². The number of fused-ring (bicyclic) bond motifs is 1. The number of halogens is 1. The van der Waals surface area contributed by atoms with Gasteiger partial charge >= 0.3 is 7.60 Å². The molecule has 1 aliphatic rings. The van der Waals surface area contributed by atoms with Gasteiger partial charge in [0.2, 0.25) is 0 Å². The van der Waals surface area contributed by atoms with E-state index < -0.39 is 13.5 Å². The van der Waals surface area contributed by atoms with Crippen LogP contribution in [0.5, 0.6) is 5.75 Å². The number of carbonyl (C=O) groups excluding carboxylic acids is 1. The second-order valence-electron chi connectivity index (χ2n) is 9.80. The molecule has 2 aromatic carbocycles. The van der Waals surface area contributed by atoms with Crippen LogP contribution in [0, 0.1) is 11.8 Å². The third-order valence-electron chi connectivity index (χ3n) is 6.68. The Morgan fingerprint density at radius 2 is 1.81 bits per heavy atom. The van der Waals surface area contributed by atoms with Gasteiger partial charge in [-0.25, -0.2) is 9.97 Å². The van der Waals surface area contributed by atoms with Crippen LogP contribution in [-0.4, -0.2) is 84.5 Å². The van der Waals surface area contributed by atoms with Crippen molar-refractivity contribution in [3.63, 3.8) is 0 Å². The molecule has 2 N–H and O–H groups in total. The molecule has 1 aromatic heterocycles. The van der Waals surface area contributed by atoms with Crippen molar-refractivity contribution in [2.45, 2.75) is 27.2 Å². The molecule has 3 aromatic rings. The highest BCUT2D eigenvalue weighted by molar-refractivity contribution is 9.10. The van der Waals surface area contributed by atoms with Crippen LogP contribution in [0.15, 0.2) is 47.2 Å². The molecule has 2 heterocycles. The molecular formula is C30H38BrN6O5P. The summed E-state index contributed by atoms with van der Waals surface area (Å²) in [6.07, 6.45) is 2.60. The molecule has 1 saturated heterocycles. The average Bonchev–Trinajstić information content (AvgIpc) is 2.97. The third-order valence-corrected chi connectivity index (χ3v) is 9.22. The minimum atomic E-state index is -3.09. The Balaban J connectivity index is 1.38. The zero-order chi connectivity index (χ0) is 30.7. The van der Waals surface area contributed by atoms with Gasteiger partial charge in [-0.15, -0.1) is 0 Å². The van der Waals surface area contributed by atoms with Crippen molar-refractivity contribution in [3.8, 4) is 17.6 Å². The number of amides is 1. The van der Waals surface area contributed by atoms with Gasteiger partial charge in [0.05, 0.1) is 31.0 Å². The highest BCUT2D eigenvalue weighted by Crippen LogP contribution is 2.48. The van der Waals surface area contributed by atoms with Gasteiger partial charge in [-0.3, -0.25) is 14.3 Å². The predicted molar refractivity (Wildman–Crippen MR) is 173 cm³/mol. The van der Waals surface area contributed by atoms with Crippen LogP contribution < -0.4 is 15.4 Å². The normalized spacial score (nSPS) is 14.2. The fraction of sp³-hybridized carbons (Fsp3) is 0.433. The number of hydrogen-bond donors (Lipinski definition) is 2. The minimum Gasteiger partial charge on any atom is -0.491 e. The van der Waals surface area contributed by atoms with E-state index in [2.05, 4.69) is 58.2 Å². The van der Waals surface area contributed by atoms with Crippen LogP contribution >= 0.6 is 23.5 Å². The summed E-state index contributed by atoms with van der Waals surface area (Å²) < 4.78 is 30.9. The Kier molecular flexibility index (Phi) is 12.3. The van der Waals surface area contributed by atoms with Gasteiger partial charge in [0.15, 0.2) is 0 Å². The van der Waals surface area contributed by atoms with Gasteiger partial charge < -0.3 is 29.3 Å². The van der Waals surface area contributed by atoms with Crippen molar-refractivity contribution in [3.05, 3.63) is 47.2 Å². The summed E-state index contributed by atoms with van der Waals surface area (Å²) in [5, 5.41) is 6.90. The van der Waals surface area contributed by atoms with Crippen molar-refractivity contribution in [2.24, 2.45) is 0 Å². The second-order valence-corrected chi connectivity index (χ2v) is 12.7. The van der Waals surface area contributed by atoms with E-state index in [-0.39, 0.29) is 0 Å². The molecule has 13 heteroatoms. The first kappa shape index (κ1) is 32.9. The lowest BCUT2D eigenvalue weighted by Crippen LogP contribution is -2.47. The van der Waals surface area contributed by atoms with Crippen molar-refractivity contribution in [1.82, 2.24) is 19.8 Å². The first-order valence-corrected chi connectivity index (χ1v) is 16.8. The van der Waals surface area contributed by atoms with Crippen LogP contribution in [0.25, 0.3) is 10.9 Å². The van der Waals surface area contributed by atoms with Crippen LogP contribution in [0.2, 0.25) is 0 Å². The molecule has 0 spiro atoms. The lowest BCUT2D eigenvalue weighted by Gasteiger charge is -2.35. The summed E-state index contributed by atoms with van der Waals surface area (Å²) in [6.45, 7) is 10.6. The van der Waals surface area contributed by atoms with E-state index in [0.717, 1.165) is 54.7 Å². The number of rotatable bonds is 14. The fourth-order valence-corrected chi connectivity index (χ4v) is 6.95. The quantitative estimate of drug-likeness (QED) is 0.125. The van der Waals surface area contributed by atoms with Crippen molar-refractivity contribution >= 4 is 57.5 Å². The number of nitrogens with zero attached hydrogens (tertiary/aromatic N) is 4. The molecule has 0 radical (unpaired) electrons. The number of piperazine rings is 1. The fourth-order valence-electron chi connectivity index (χ4n) is 4.75. The zero-order valence-electron chi connectivity index (χ0n) is 24.8. The smallest absolute Gasteiger partial charge is 0.344 e. The number of benzene rings is 2. The molecule has 11 nitrogen and oxygen atoms in total. The Hall–Kier alpha value is -3.04. The summed E-state index contributed by atoms with van der Waals surface area (Å²) in [5.41, 5.74) is 2.03. The van der Waals surface area contributed by atoms with E-state index >= 15 is 0 Å². The van der Waals surface area contributed by atoms with Gasteiger partial charge in [-0.05, 0) is 57.4 Å². The molecule has 230 valence electrons. The van der Waals surface area contributed by atoms with Gasteiger partial charge in [-0.1, -0.05) is 27.9 Å². The number of anilines is 3. The lowest BCUT2D eigenvalue weighted by atomic mass is 10.1. The Morgan fingerprint density at radius 1 is 1.07 bits per heavy atom. The maximum absolute atomic E-state index is 12.9. The SMILES string of the molecule is CC#CC(=O)Nc1cc2c(Nc3cccc(Br)c3)ncnc2cc1OCCCN1CCN(CP(=O)(OCC)OCC)CC1. The van der Waals surface area contributed by atoms with E-state index in [1.165, 1.54) is 6.33 Å². The summed E-state index contributed by atoms with van der Waals surface area (Å²) >= 11 is 3.49. The van der Waals surface area contributed by atoms with E-state index in [0.29, 0.717) is 48.9 Å².